The zero-order valence-corrected chi connectivity index (χ0v) is 10.2. The van der Waals surface area contributed by atoms with Crippen molar-refractivity contribution in [3.8, 4) is 0 Å². The zero-order valence-electron chi connectivity index (χ0n) is 8.61. The Morgan fingerprint density at radius 3 is 2.31 bits per heavy atom. The lowest BCUT2D eigenvalue weighted by Gasteiger charge is -2.26. The molecule has 0 aromatic heterocycles. The Bertz CT molecular complexity index is 367. The molecule has 0 radical (unpaired) electrons. The SMILES string of the molecule is O=C(CCCl)NC(=O)N1CCS(=O)(=O)CC1. The standard InChI is InChI=1S/C8H13ClN2O4S/c9-2-1-7(12)10-8(13)11-3-5-16(14,15)6-4-11/h1-6H2,(H,10,12,13). The van der Waals surface area contributed by atoms with Crippen LogP contribution in [-0.4, -0.2) is 55.7 Å². The number of imide groups is 1. The van der Waals surface area contributed by atoms with Gasteiger partial charge in [-0.3, -0.25) is 10.1 Å². The molecule has 0 unspecified atom stereocenters. The third-order valence-corrected chi connectivity index (χ3v) is 4.00. The van der Waals surface area contributed by atoms with Crippen LogP contribution in [0.15, 0.2) is 0 Å². The van der Waals surface area contributed by atoms with Crippen molar-refractivity contribution < 1.29 is 18.0 Å². The average Bonchev–Trinajstić information content (AvgIpc) is 2.17. The van der Waals surface area contributed by atoms with Crippen LogP contribution in [-0.2, 0) is 14.6 Å². The van der Waals surface area contributed by atoms with Crippen LogP contribution in [0.25, 0.3) is 0 Å². The number of rotatable bonds is 2. The summed E-state index contributed by atoms with van der Waals surface area (Å²) >= 11 is 5.34. The molecule has 92 valence electrons. The molecule has 1 aliphatic heterocycles. The first-order valence-corrected chi connectivity index (χ1v) is 7.15. The normalized spacial score (nSPS) is 19.2. The fourth-order valence-corrected chi connectivity index (χ4v) is 2.64. The molecule has 6 nitrogen and oxygen atoms in total. The minimum atomic E-state index is -3.02. The van der Waals surface area contributed by atoms with Gasteiger partial charge in [0.05, 0.1) is 11.5 Å². The molecule has 1 heterocycles. The summed E-state index contributed by atoms with van der Waals surface area (Å²) in [5.74, 6) is -0.407. The van der Waals surface area contributed by atoms with Crippen molar-refractivity contribution in [2.24, 2.45) is 0 Å². The van der Waals surface area contributed by atoms with E-state index in [-0.39, 0.29) is 36.9 Å². The van der Waals surface area contributed by atoms with Gasteiger partial charge in [0.15, 0.2) is 9.84 Å². The molecular weight excluding hydrogens is 256 g/mol. The van der Waals surface area contributed by atoms with E-state index in [4.69, 9.17) is 11.6 Å². The number of carbonyl (C=O) groups excluding carboxylic acids is 2. The largest absolute Gasteiger partial charge is 0.324 e. The molecule has 0 spiro atoms. The molecule has 0 atom stereocenters. The number of carbonyl (C=O) groups is 2. The predicted molar refractivity (Wildman–Crippen MR) is 59.1 cm³/mol. The van der Waals surface area contributed by atoms with Crippen molar-refractivity contribution in [2.45, 2.75) is 6.42 Å². The van der Waals surface area contributed by atoms with Gasteiger partial charge in [0, 0.05) is 25.4 Å². The summed E-state index contributed by atoms with van der Waals surface area (Å²) in [7, 11) is -3.02. The molecule has 3 amide bonds. The number of hydrogen-bond donors (Lipinski definition) is 1. The summed E-state index contributed by atoms with van der Waals surface area (Å²) in [6.45, 7) is 0.255. The van der Waals surface area contributed by atoms with E-state index in [9.17, 15) is 18.0 Å². The summed E-state index contributed by atoms with van der Waals surface area (Å²) in [5.41, 5.74) is 0. The second-order valence-corrected chi connectivity index (χ2v) is 6.11. The van der Waals surface area contributed by atoms with Gasteiger partial charge in [0.25, 0.3) is 0 Å². The molecule has 0 aromatic carbocycles. The fourth-order valence-electron chi connectivity index (χ4n) is 1.26. The average molecular weight is 269 g/mol. The van der Waals surface area contributed by atoms with E-state index < -0.39 is 21.8 Å². The van der Waals surface area contributed by atoms with Crippen molar-refractivity contribution in [3.05, 3.63) is 0 Å². The third-order valence-electron chi connectivity index (χ3n) is 2.20. The highest BCUT2D eigenvalue weighted by Gasteiger charge is 2.25. The Balaban J connectivity index is 2.42. The Labute approximate surface area is 98.8 Å². The molecule has 0 bridgehead atoms. The van der Waals surface area contributed by atoms with Crippen LogP contribution in [0.5, 0.6) is 0 Å². The highest BCUT2D eigenvalue weighted by Crippen LogP contribution is 2.03. The topological polar surface area (TPSA) is 83.6 Å². The van der Waals surface area contributed by atoms with Gasteiger partial charge >= 0.3 is 6.03 Å². The first kappa shape index (κ1) is 13.2. The monoisotopic (exact) mass is 268 g/mol. The molecule has 1 aliphatic rings. The number of alkyl halides is 1. The molecule has 0 saturated carbocycles. The first-order chi connectivity index (χ1) is 7.44. The van der Waals surface area contributed by atoms with Crippen LogP contribution in [0, 0.1) is 0 Å². The van der Waals surface area contributed by atoms with E-state index in [0.29, 0.717) is 0 Å². The second-order valence-electron chi connectivity index (χ2n) is 3.43. The lowest BCUT2D eigenvalue weighted by molar-refractivity contribution is -0.119. The van der Waals surface area contributed by atoms with Gasteiger partial charge in [-0.25, -0.2) is 13.2 Å². The van der Waals surface area contributed by atoms with E-state index in [1.54, 1.807) is 0 Å². The van der Waals surface area contributed by atoms with Crippen molar-refractivity contribution in [1.29, 1.82) is 0 Å². The van der Waals surface area contributed by atoms with Gasteiger partial charge in [0.1, 0.15) is 0 Å². The van der Waals surface area contributed by atoms with Crippen LogP contribution in [0.3, 0.4) is 0 Å². The van der Waals surface area contributed by atoms with E-state index in [1.165, 1.54) is 4.90 Å². The first-order valence-electron chi connectivity index (χ1n) is 4.80. The van der Waals surface area contributed by atoms with Gasteiger partial charge in [-0.2, -0.15) is 0 Å². The Morgan fingerprint density at radius 1 is 1.25 bits per heavy atom. The smallest absolute Gasteiger partial charge is 0.322 e. The summed E-state index contributed by atoms with van der Waals surface area (Å²) in [6.07, 6.45) is 0.0689. The summed E-state index contributed by atoms with van der Waals surface area (Å²) < 4.78 is 22.2. The number of sulfone groups is 1. The zero-order chi connectivity index (χ0) is 12.2. The fraction of sp³-hybridized carbons (Fsp3) is 0.750. The maximum Gasteiger partial charge on any atom is 0.324 e. The van der Waals surface area contributed by atoms with Crippen molar-refractivity contribution >= 4 is 33.4 Å². The number of halogens is 1. The highest BCUT2D eigenvalue weighted by molar-refractivity contribution is 7.91. The van der Waals surface area contributed by atoms with Crippen LogP contribution < -0.4 is 5.32 Å². The third kappa shape index (κ3) is 3.97. The molecule has 0 aliphatic carbocycles. The van der Waals surface area contributed by atoms with E-state index in [0.717, 1.165) is 0 Å². The number of amides is 3. The number of nitrogens with zero attached hydrogens (tertiary/aromatic N) is 1. The Kier molecular flexibility index (Phi) is 4.55. The Hall–Kier alpha value is -0.820. The highest BCUT2D eigenvalue weighted by atomic mass is 35.5. The minimum Gasteiger partial charge on any atom is -0.322 e. The minimum absolute atomic E-state index is 0.0515. The summed E-state index contributed by atoms with van der Waals surface area (Å²) in [6, 6.07) is -0.551. The molecule has 8 heteroatoms. The predicted octanol–water partition coefficient (Wildman–Crippen LogP) is -0.418. The second kappa shape index (κ2) is 5.49. The van der Waals surface area contributed by atoms with Crippen molar-refractivity contribution in [1.82, 2.24) is 10.2 Å². The number of nitrogens with one attached hydrogen (secondary N) is 1. The molecule has 16 heavy (non-hydrogen) atoms. The van der Waals surface area contributed by atoms with Gasteiger partial charge < -0.3 is 4.90 Å². The lowest BCUT2D eigenvalue weighted by Crippen LogP contribution is -2.49. The summed E-state index contributed by atoms with van der Waals surface area (Å²) in [5, 5.41) is 2.15. The number of hydrogen-bond acceptors (Lipinski definition) is 4. The number of urea groups is 1. The lowest BCUT2D eigenvalue weighted by atomic mass is 10.4. The van der Waals surface area contributed by atoms with Crippen molar-refractivity contribution in [3.63, 3.8) is 0 Å². The molecular formula is C8H13ClN2O4S. The molecule has 1 fully saturated rings. The Morgan fingerprint density at radius 2 is 1.81 bits per heavy atom. The maximum atomic E-state index is 11.5. The molecule has 1 rings (SSSR count). The molecule has 1 N–H and O–H groups in total. The molecule has 0 aromatic rings. The van der Waals surface area contributed by atoms with Crippen LogP contribution >= 0.6 is 11.6 Å². The van der Waals surface area contributed by atoms with Crippen molar-refractivity contribution in [2.75, 3.05) is 30.5 Å². The van der Waals surface area contributed by atoms with E-state index >= 15 is 0 Å². The van der Waals surface area contributed by atoms with E-state index in [2.05, 4.69) is 5.32 Å². The van der Waals surface area contributed by atoms with Gasteiger partial charge in [0.2, 0.25) is 5.91 Å². The van der Waals surface area contributed by atoms with Gasteiger partial charge in [-0.15, -0.1) is 11.6 Å². The summed E-state index contributed by atoms with van der Waals surface area (Å²) in [4.78, 5) is 23.8. The quantitative estimate of drug-likeness (QED) is 0.690. The van der Waals surface area contributed by atoms with Crippen LogP contribution in [0.4, 0.5) is 4.79 Å². The maximum absolute atomic E-state index is 11.5. The van der Waals surface area contributed by atoms with Gasteiger partial charge in [-0.05, 0) is 0 Å². The van der Waals surface area contributed by atoms with E-state index in [1.807, 2.05) is 0 Å². The van der Waals surface area contributed by atoms with Gasteiger partial charge in [-0.1, -0.05) is 0 Å². The van der Waals surface area contributed by atoms with Crippen LogP contribution in [0.2, 0.25) is 0 Å². The van der Waals surface area contributed by atoms with Crippen LogP contribution in [0.1, 0.15) is 6.42 Å². The molecule has 1 saturated heterocycles.